The molecule has 0 aliphatic rings. The number of fused-ring (bicyclic) bond motifs is 2. The zero-order chi connectivity index (χ0) is 22.3. The van der Waals surface area contributed by atoms with E-state index in [1.165, 1.54) is 6.20 Å². The second-order valence-electron chi connectivity index (χ2n) is 5.45. The van der Waals surface area contributed by atoms with Crippen molar-refractivity contribution in [1.82, 2.24) is 19.2 Å². The van der Waals surface area contributed by atoms with Crippen molar-refractivity contribution >= 4 is 59.3 Å². The number of hydrogen-bond donors (Lipinski definition) is 2. The third-order valence-electron chi connectivity index (χ3n) is 3.34. The van der Waals surface area contributed by atoms with Gasteiger partial charge in [-0.1, -0.05) is 31.9 Å². The van der Waals surface area contributed by atoms with Gasteiger partial charge in [-0.05, 0) is 37.3 Å². The second-order valence-corrected chi connectivity index (χ2v) is 8.17. The van der Waals surface area contributed by atoms with Gasteiger partial charge >= 0.3 is 16.4 Å². The van der Waals surface area contributed by atoms with Crippen LogP contribution in [0.15, 0.2) is 64.1 Å². The van der Waals surface area contributed by atoms with Crippen molar-refractivity contribution in [3.63, 3.8) is 0 Å². The van der Waals surface area contributed by atoms with E-state index in [2.05, 4.69) is 42.1 Å². The molecule has 10 nitrogen and oxygen atoms in total. The van der Waals surface area contributed by atoms with Gasteiger partial charge in [0.15, 0.2) is 0 Å². The molecule has 0 aliphatic heterocycles. The molecule has 0 saturated carbocycles. The third kappa shape index (κ3) is 7.50. The Hall–Kier alpha value is -2.32. The van der Waals surface area contributed by atoms with Crippen LogP contribution in [0.3, 0.4) is 0 Å². The Kier molecular flexibility index (Phi) is 8.49. The number of esters is 1. The summed E-state index contributed by atoms with van der Waals surface area (Å²) in [6, 6.07) is 9.63. The van der Waals surface area contributed by atoms with E-state index in [9.17, 15) is 4.79 Å². The minimum Gasteiger partial charge on any atom is -0.462 e. The Morgan fingerprint density at radius 2 is 1.67 bits per heavy atom. The quantitative estimate of drug-likeness (QED) is 0.278. The maximum atomic E-state index is 11.5. The summed E-state index contributed by atoms with van der Waals surface area (Å²) in [5.41, 5.74) is 2.33. The third-order valence-corrected chi connectivity index (χ3v) is 4.33. The van der Waals surface area contributed by atoms with Crippen LogP contribution in [-0.4, -0.2) is 49.3 Å². The van der Waals surface area contributed by atoms with E-state index < -0.39 is 10.4 Å². The van der Waals surface area contributed by atoms with Gasteiger partial charge in [0.2, 0.25) is 0 Å². The predicted molar refractivity (Wildman–Crippen MR) is 116 cm³/mol. The first-order valence-corrected chi connectivity index (χ1v) is 11.2. The van der Waals surface area contributed by atoms with Crippen molar-refractivity contribution in [2.45, 2.75) is 6.92 Å². The molecule has 30 heavy (non-hydrogen) atoms. The van der Waals surface area contributed by atoms with E-state index in [1.54, 1.807) is 23.8 Å². The summed E-state index contributed by atoms with van der Waals surface area (Å²) in [6.07, 6.45) is 6.99. The van der Waals surface area contributed by atoms with Crippen LogP contribution >= 0.6 is 31.9 Å². The van der Waals surface area contributed by atoms with Crippen LogP contribution in [0.1, 0.15) is 17.3 Å². The molecule has 0 radical (unpaired) electrons. The van der Waals surface area contributed by atoms with E-state index in [4.69, 9.17) is 22.3 Å². The lowest BCUT2D eigenvalue weighted by atomic mass is 10.3. The van der Waals surface area contributed by atoms with Gasteiger partial charge < -0.3 is 4.74 Å². The molecule has 0 atom stereocenters. The number of nitrogens with zero attached hydrogens (tertiary/aromatic N) is 4. The molecule has 4 aromatic rings. The normalized spacial score (nSPS) is 10.7. The number of hydrogen-bond acceptors (Lipinski definition) is 6. The van der Waals surface area contributed by atoms with Crippen molar-refractivity contribution in [1.29, 1.82) is 0 Å². The summed E-state index contributed by atoms with van der Waals surface area (Å²) >= 11 is 6.72. The molecule has 4 heterocycles. The molecular formula is C17H16Br2N4O6S. The fourth-order valence-electron chi connectivity index (χ4n) is 2.22. The van der Waals surface area contributed by atoms with E-state index in [1.807, 2.05) is 41.0 Å². The number of carbonyl (C=O) groups excluding carboxylic acids is 1. The molecule has 0 saturated heterocycles. The number of halogens is 2. The highest BCUT2D eigenvalue weighted by molar-refractivity contribution is 9.10. The first-order valence-electron chi connectivity index (χ1n) is 8.17. The maximum absolute atomic E-state index is 11.5. The molecule has 0 spiro atoms. The standard InChI is InChI=1S/C10H9BrN2O2.C7H5BrN2.H2O4S/c1-2-15-10(14)8-6-12-13-4-3-7(11)5-9(8)13;8-6-2-4-10-7(5-6)1-3-9-10;1-5(2,3)4/h3-6H,2H2,1H3;1-5H;(H2,1,2,3,4). The molecule has 0 aliphatic carbocycles. The predicted octanol–water partition coefficient (Wildman–Crippen LogP) is 3.72. The molecule has 160 valence electrons. The Balaban J connectivity index is 0.000000184. The van der Waals surface area contributed by atoms with Gasteiger partial charge in [-0.2, -0.15) is 18.6 Å². The van der Waals surface area contributed by atoms with Crippen molar-refractivity contribution in [2.75, 3.05) is 6.61 Å². The van der Waals surface area contributed by atoms with E-state index in [0.29, 0.717) is 12.2 Å². The first-order chi connectivity index (χ1) is 14.1. The van der Waals surface area contributed by atoms with Gasteiger partial charge in [0.05, 0.1) is 23.8 Å². The smallest absolute Gasteiger partial charge is 0.394 e. The molecule has 13 heteroatoms. The van der Waals surface area contributed by atoms with Crippen molar-refractivity contribution in [3.8, 4) is 0 Å². The summed E-state index contributed by atoms with van der Waals surface area (Å²) in [6.45, 7) is 2.14. The van der Waals surface area contributed by atoms with E-state index in [-0.39, 0.29) is 5.97 Å². The fraction of sp³-hybridized carbons (Fsp3) is 0.118. The number of rotatable bonds is 2. The van der Waals surface area contributed by atoms with Crippen LogP contribution in [0, 0.1) is 0 Å². The van der Waals surface area contributed by atoms with Gasteiger partial charge in [0.1, 0.15) is 5.56 Å². The molecule has 0 aromatic carbocycles. The average Bonchev–Trinajstić information content (AvgIpc) is 3.26. The minimum atomic E-state index is -4.67. The van der Waals surface area contributed by atoms with Gasteiger partial charge in [-0.25, -0.2) is 13.8 Å². The zero-order valence-electron chi connectivity index (χ0n) is 15.4. The minimum absolute atomic E-state index is 0.342. The number of aromatic nitrogens is 4. The van der Waals surface area contributed by atoms with Crippen LogP contribution in [0.2, 0.25) is 0 Å². The van der Waals surface area contributed by atoms with Crippen LogP contribution in [-0.2, 0) is 15.1 Å². The maximum Gasteiger partial charge on any atom is 0.394 e. The summed E-state index contributed by atoms with van der Waals surface area (Å²) in [7, 11) is -4.67. The molecule has 2 N–H and O–H groups in total. The van der Waals surface area contributed by atoms with Crippen LogP contribution in [0.25, 0.3) is 11.0 Å². The molecular weight excluding hydrogens is 548 g/mol. The topological polar surface area (TPSA) is 136 Å². The van der Waals surface area contributed by atoms with Crippen molar-refractivity contribution in [3.05, 3.63) is 69.6 Å². The van der Waals surface area contributed by atoms with E-state index in [0.717, 1.165) is 20.0 Å². The Bertz CT molecular complexity index is 1250. The summed E-state index contributed by atoms with van der Waals surface area (Å²) in [5, 5.41) is 8.11. The van der Waals surface area contributed by atoms with Gasteiger partial charge in [-0.3, -0.25) is 9.11 Å². The van der Waals surface area contributed by atoms with Gasteiger partial charge in [0, 0.05) is 27.5 Å². The monoisotopic (exact) mass is 562 g/mol. The highest BCUT2D eigenvalue weighted by Crippen LogP contribution is 2.17. The SMILES string of the molecule is Brc1ccn2nccc2c1.CCOC(=O)c1cnn2ccc(Br)cc12.O=S(=O)(O)O. The lowest BCUT2D eigenvalue weighted by Gasteiger charge is -1.99. The average molecular weight is 564 g/mol. The number of pyridine rings is 2. The molecule has 4 rings (SSSR count). The van der Waals surface area contributed by atoms with Gasteiger partial charge in [-0.15, -0.1) is 0 Å². The van der Waals surface area contributed by atoms with Crippen LogP contribution < -0.4 is 0 Å². The van der Waals surface area contributed by atoms with Crippen LogP contribution in [0.5, 0.6) is 0 Å². The lowest BCUT2D eigenvalue weighted by Crippen LogP contribution is -2.03. The fourth-order valence-corrected chi connectivity index (χ4v) is 2.90. The largest absolute Gasteiger partial charge is 0.462 e. The molecule has 4 aromatic heterocycles. The van der Waals surface area contributed by atoms with Crippen LogP contribution in [0.4, 0.5) is 0 Å². The second kappa shape index (κ2) is 10.6. The van der Waals surface area contributed by atoms with Gasteiger partial charge in [0.25, 0.3) is 0 Å². The molecule has 0 amide bonds. The molecule has 0 unspecified atom stereocenters. The Morgan fingerprint density at radius 3 is 2.30 bits per heavy atom. The number of ether oxygens (including phenoxy) is 1. The zero-order valence-corrected chi connectivity index (χ0v) is 19.4. The van der Waals surface area contributed by atoms with E-state index >= 15 is 0 Å². The summed E-state index contributed by atoms with van der Waals surface area (Å²) in [4.78, 5) is 11.5. The van der Waals surface area contributed by atoms with Crippen molar-refractivity contribution in [2.24, 2.45) is 0 Å². The Morgan fingerprint density at radius 1 is 1.07 bits per heavy atom. The molecule has 0 bridgehead atoms. The van der Waals surface area contributed by atoms with Crippen molar-refractivity contribution < 1.29 is 27.1 Å². The molecule has 0 fully saturated rings. The lowest BCUT2D eigenvalue weighted by molar-refractivity contribution is 0.0528. The first kappa shape index (κ1) is 24.0. The number of carbonyl (C=O) groups is 1. The Labute approximate surface area is 188 Å². The highest BCUT2D eigenvalue weighted by Gasteiger charge is 2.13. The summed E-state index contributed by atoms with van der Waals surface area (Å²) in [5.74, 6) is -0.342. The highest BCUT2D eigenvalue weighted by atomic mass is 79.9. The summed E-state index contributed by atoms with van der Waals surface area (Å²) < 4.78 is 42.0.